The highest BCUT2D eigenvalue weighted by Crippen LogP contribution is 2.13. The van der Waals surface area contributed by atoms with Gasteiger partial charge in [-0.15, -0.1) is 0 Å². The average molecular weight is 264 g/mol. The highest BCUT2D eigenvalue weighted by atomic mass is 16.3. The van der Waals surface area contributed by atoms with Crippen molar-refractivity contribution >= 4 is 0 Å². The Labute approximate surface area is 109 Å². The number of aliphatic hydroxyl groups is 5. The molecule has 2 atom stereocenters. The Hall–Kier alpha value is -0.200. The van der Waals surface area contributed by atoms with Crippen molar-refractivity contribution in [2.24, 2.45) is 0 Å². The molecule has 0 saturated carbocycles. The second-order valence-corrected chi connectivity index (χ2v) is 4.87. The van der Waals surface area contributed by atoms with Crippen LogP contribution in [0.2, 0.25) is 0 Å². The molecule has 0 aromatic carbocycles. The molecular formula is C13H28O5. The molecular weight excluding hydrogens is 236 g/mol. The highest BCUT2D eigenvalue weighted by Gasteiger charge is 2.15. The first-order valence-corrected chi connectivity index (χ1v) is 6.86. The quantitative estimate of drug-likeness (QED) is 0.324. The largest absolute Gasteiger partial charge is 0.396 e. The lowest BCUT2D eigenvalue weighted by Crippen LogP contribution is -2.23. The zero-order valence-corrected chi connectivity index (χ0v) is 11.0. The van der Waals surface area contributed by atoms with E-state index in [-0.39, 0.29) is 26.1 Å². The lowest BCUT2D eigenvalue weighted by Gasteiger charge is -2.18. The predicted octanol–water partition coefficient (Wildman–Crippen LogP) is 0.174. The van der Waals surface area contributed by atoms with E-state index >= 15 is 0 Å². The number of hydrogen-bond acceptors (Lipinski definition) is 5. The van der Waals surface area contributed by atoms with Crippen LogP contribution in [0.25, 0.3) is 0 Å². The predicted molar refractivity (Wildman–Crippen MR) is 69.1 cm³/mol. The standard InChI is InChI=1S/C13H28O5/c14-7-3-1-5-11(16)9-13(18)10-12(17)6-2-4-8-15/h11-18H,1-10H2/t11-,12-/m1/s1. The number of rotatable bonds is 12. The summed E-state index contributed by atoms with van der Waals surface area (Å²) in [6.45, 7) is 0.248. The second-order valence-electron chi connectivity index (χ2n) is 4.87. The molecule has 0 unspecified atom stereocenters. The minimum absolute atomic E-state index is 0.124. The van der Waals surface area contributed by atoms with Crippen molar-refractivity contribution < 1.29 is 25.5 Å². The van der Waals surface area contributed by atoms with Gasteiger partial charge in [0.2, 0.25) is 0 Å². The van der Waals surface area contributed by atoms with Gasteiger partial charge in [0.15, 0.2) is 0 Å². The van der Waals surface area contributed by atoms with Crippen LogP contribution < -0.4 is 0 Å². The molecule has 0 heterocycles. The maximum absolute atomic E-state index is 9.68. The van der Waals surface area contributed by atoms with E-state index in [4.69, 9.17) is 10.2 Å². The SMILES string of the molecule is OCCCC[C@@H](O)CC(O)C[C@H](O)CCCCO. The Balaban J connectivity index is 3.58. The fraction of sp³-hybridized carbons (Fsp3) is 1.00. The highest BCUT2D eigenvalue weighted by molar-refractivity contribution is 4.68. The molecule has 110 valence electrons. The topological polar surface area (TPSA) is 101 Å². The summed E-state index contributed by atoms with van der Waals surface area (Å²) in [6.07, 6.45) is 2.63. The normalized spacial score (nSPS) is 15.0. The van der Waals surface area contributed by atoms with Crippen molar-refractivity contribution in [3.05, 3.63) is 0 Å². The molecule has 18 heavy (non-hydrogen) atoms. The van der Waals surface area contributed by atoms with Crippen LogP contribution in [0.3, 0.4) is 0 Å². The van der Waals surface area contributed by atoms with Crippen LogP contribution >= 0.6 is 0 Å². The first kappa shape index (κ1) is 17.8. The minimum Gasteiger partial charge on any atom is -0.396 e. The molecule has 0 spiro atoms. The van der Waals surface area contributed by atoms with Gasteiger partial charge in [-0.3, -0.25) is 0 Å². The van der Waals surface area contributed by atoms with E-state index in [1.54, 1.807) is 0 Å². The van der Waals surface area contributed by atoms with Crippen LogP contribution in [0, 0.1) is 0 Å². The summed E-state index contributed by atoms with van der Waals surface area (Å²) in [5, 5.41) is 46.1. The molecule has 0 aliphatic carbocycles. The zero-order valence-electron chi connectivity index (χ0n) is 11.0. The third kappa shape index (κ3) is 10.9. The van der Waals surface area contributed by atoms with E-state index in [1.165, 1.54) is 0 Å². The van der Waals surface area contributed by atoms with Gasteiger partial charge in [-0.2, -0.15) is 0 Å². The Morgan fingerprint density at radius 3 is 1.28 bits per heavy atom. The van der Waals surface area contributed by atoms with Gasteiger partial charge >= 0.3 is 0 Å². The van der Waals surface area contributed by atoms with E-state index < -0.39 is 18.3 Å². The lowest BCUT2D eigenvalue weighted by molar-refractivity contribution is 0.0330. The van der Waals surface area contributed by atoms with E-state index in [0.29, 0.717) is 25.7 Å². The maximum atomic E-state index is 9.68. The number of aliphatic hydroxyl groups excluding tert-OH is 5. The molecule has 0 amide bonds. The van der Waals surface area contributed by atoms with Crippen LogP contribution in [-0.2, 0) is 0 Å². The van der Waals surface area contributed by atoms with Crippen molar-refractivity contribution in [3.8, 4) is 0 Å². The molecule has 0 radical (unpaired) electrons. The third-order valence-corrected chi connectivity index (χ3v) is 2.98. The average Bonchev–Trinajstić information content (AvgIpc) is 2.29. The van der Waals surface area contributed by atoms with Crippen molar-refractivity contribution in [2.45, 2.75) is 69.7 Å². The van der Waals surface area contributed by atoms with Crippen LogP contribution in [0.15, 0.2) is 0 Å². The van der Waals surface area contributed by atoms with Gasteiger partial charge in [0, 0.05) is 13.2 Å². The van der Waals surface area contributed by atoms with Gasteiger partial charge < -0.3 is 25.5 Å². The van der Waals surface area contributed by atoms with Gasteiger partial charge in [0.05, 0.1) is 18.3 Å². The third-order valence-electron chi connectivity index (χ3n) is 2.98. The van der Waals surface area contributed by atoms with Crippen molar-refractivity contribution in [2.75, 3.05) is 13.2 Å². The maximum Gasteiger partial charge on any atom is 0.0589 e. The molecule has 5 N–H and O–H groups in total. The fourth-order valence-electron chi connectivity index (χ4n) is 1.94. The minimum atomic E-state index is -0.696. The Kier molecular flexibility index (Phi) is 11.7. The Bertz CT molecular complexity index is 159. The van der Waals surface area contributed by atoms with Gasteiger partial charge in [-0.25, -0.2) is 0 Å². The molecule has 0 saturated heterocycles. The zero-order chi connectivity index (χ0) is 13.8. The van der Waals surface area contributed by atoms with E-state index in [0.717, 1.165) is 12.8 Å². The number of hydrogen-bond donors (Lipinski definition) is 5. The van der Waals surface area contributed by atoms with Gasteiger partial charge in [-0.1, -0.05) is 0 Å². The van der Waals surface area contributed by atoms with Crippen molar-refractivity contribution in [1.29, 1.82) is 0 Å². The van der Waals surface area contributed by atoms with Gasteiger partial charge in [-0.05, 0) is 51.4 Å². The smallest absolute Gasteiger partial charge is 0.0589 e. The molecule has 0 aromatic heterocycles. The molecule has 0 aliphatic heterocycles. The van der Waals surface area contributed by atoms with Gasteiger partial charge in [0.25, 0.3) is 0 Å². The molecule has 0 aliphatic rings. The summed E-state index contributed by atoms with van der Waals surface area (Å²) in [4.78, 5) is 0. The molecule has 5 heteroatoms. The summed E-state index contributed by atoms with van der Waals surface area (Å²) in [7, 11) is 0. The summed E-state index contributed by atoms with van der Waals surface area (Å²) in [6, 6.07) is 0. The first-order valence-electron chi connectivity index (χ1n) is 6.86. The summed E-state index contributed by atoms with van der Waals surface area (Å²) in [5.74, 6) is 0. The van der Waals surface area contributed by atoms with Crippen molar-refractivity contribution in [1.82, 2.24) is 0 Å². The molecule has 0 fully saturated rings. The van der Waals surface area contributed by atoms with E-state index in [2.05, 4.69) is 0 Å². The Morgan fingerprint density at radius 1 is 0.556 bits per heavy atom. The van der Waals surface area contributed by atoms with Crippen LogP contribution in [0.5, 0.6) is 0 Å². The van der Waals surface area contributed by atoms with E-state index in [9.17, 15) is 15.3 Å². The van der Waals surface area contributed by atoms with Crippen LogP contribution in [-0.4, -0.2) is 57.1 Å². The lowest BCUT2D eigenvalue weighted by atomic mass is 9.99. The van der Waals surface area contributed by atoms with Crippen LogP contribution in [0.1, 0.15) is 51.4 Å². The summed E-state index contributed by atoms with van der Waals surface area (Å²) < 4.78 is 0. The second kappa shape index (κ2) is 11.9. The summed E-state index contributed by atoms with van der Waals surface area (Å²) >= 11 is 0. The van der Waals surface area contributed by atoms with E-state index in [1.807, 2.05) is 0 Å². The Morgan fingerprint density at radius 2 is 0.944 bits per heavy atom. The fourth-order valence-corrected chi connectivity index (χ4v) is 1.94. The summed E-state index contributed by atoms with van der Waals surface area (Å²) in [5.41, 5.74) is 0. The first-order chi connectivity index (χ1) is 8.60. The van der Waals surface area contributed by atoms with Crippen molar-refractivity contribution in [3.63, 3.8) is 0 Å². The molecule has 0 rings (SSSR count). The number of unbranched alkanes of at least 4 members (excludes halogenated alkanes) is 2. The van der Waals surface area contributed by atoms with Gasteiger partial charge in [0.1, 0.15) is 0 Å². The molecule has 0 bridgehead atoms. The molecule has 0 aromatic rings. The monoisotopic (exact) mass is 264 g/mol. The molecule has 5 nitrogen and oxygen atoms in total. The van der Waals surface area contributed by atoms with Crippen LogP contribution in [0.4, 0.5) is 0 Å².